The van der Waals surface area contributed by atoms with E-state index in [4.69, 9.17) is 4.74 Å². The zero-order valence-corrected chi connectivity index (χ0v) is 11.5. The van der Waals surface area contributed by atoms with Crippen molar-refractivity contribution in [2.75, 3.05) is 31.2 Å². The van der Waals surface area contributed by atoms with Crippen molar-refractivity contribution in [2.45, 2.75) is 0 Å². The molecule has 108 valence electrons. The number of anilines is 1. The molecule has 21 heavy (non-hydrogen) atoms. The summed E-state index contributed by atoms with van der Waals surface area (Å²) >= 11 is 0. The fourth-order valence-corrected chi connectivity index (χ4v) is 2.43. The monoisotopic (exact) mass is 284 g/mol. The van der Waals surface area contributed by atoms with Crippen molar-refractivity contribution in [3.63, 3.8) is 0 Å². The summed E-state index contributed by atoms with van der Waals surface area (Å²) in [7, 11) is 0. The van der Waals surface area contributed by atoms with Crippen LogP contribution in [-0.4, -0.2) is 42.4 Å². The van der Waals surface area contributed by atoms with E-state index in [-0.39, 0.29) is 5.56 Å². The Kier molecular flexibility index (Phi) is 3.83. The van der Waals surface area contributed by atoms with E-state index in [1.54, 1.807) is 6.07 Å². The van der Waals surface area contributed by atoms with Gasteiger partial charge < -0.3 is 14.7 Å². The number of pyridine rings is 1. The normalized spacial score (nSPS) is 15.0. The summed E-state index contributed by atoms with van der Waals surface area (Å²) in [6.07, 6.45) is 1.42. The lowest BCUT2D eigenvalue weighted by atomic mass is 10.0. The van der Waals surface area contributed by atoms with Gasteiger partial charge in [0.15, 0.2) is 0 Å². The Morgan fingerprint density at radius 2 is 1.90 bits per heavy atom. The molecule has 2 aromatic rings. The Bertz CT molecular complexity index is 637. The van der Waals surface area contributed by atoms with E-state index in [9.17, 15) is 9.90 Å². The molecule has 1 aromatic heterocycles. The Morgan fingerprint density at radius 3 is 2.57 bits per heavy atom. The first-order chi connectivity index (χ1) is 10.3. The van der Waals surface area contributed by atoms with E-state index in [0.29, 0.717) is 13.2 Å². The van der Waals surface area contributed by atoms with Crippen LogP contribution < -0.4 is 4.90 Å². The van der Waals surface area contributed by atoms with E-state index in [2.05, 4.69) is 9.88 Å². The van der Waals surface area contributed by atoms with E-state index >= 15 is 0 Å². The number of nitrogens with zero attached hydrogens (tertiary/aromatic N) is 2. The van der Waals surface area contributed by atoms with Gasteiger partial charge in [0, 0.05) is 24.8 Å². The van der Waals surface area contributed by atoms with Gasteiger partial charge >= 0.3 is 5.97 Å². The maximum Gasteiger partial charge on any atom is 0.337 e. The lowest BCUT2D eigenvalue weighted by molar-refractivity contribution is 0.0696. The molecule has 0 bridgehead atoms. The molecule has 1 aliphatic rings. The summed E-state index contributed by atoms with van der Waals surface area (Å²) in [4.78, 5) is 17.7. The minimum atomic E-state index is -0.965. The molecule has 2 heterocycles. The van der Waals surface area contributed by atoms with Crippen LogP contribution in [0.15, 0.2) is 42.6 Å². The number of morpholine rings is 1. The van der Waals surface area contributed by atoms with Crippen LogP contribution in [0.2, 0.25) is 0 Å². The molecule has 1 N–H and O–H groups in total. The van der Waals surface area contributed by atoms with Gasteiger partial charge in [-0.2, -0.15) is 0 Å². The number of carboxylic acids is 1. The molecule has 0 unspecified atom stereocenters. The average Bonchev–Trinajstić information content (AvgIpc) is 2.56. The summed E-state index contributed by atoms with van der Waals surface area (Å²) in [5.41, 5.74) is 2.01. The second-order valence-corrected chi connectivity index (χ2v) is 4.87. The molecule has 0 atom stereocenters. The third-order valence-electron chi connectivity index (χ3n) is 3.51. The number of carbonyl (C=O) groups is 1. The van der Waals surface area contributed by atoms with Crippen molar-refractivity contribution in [1.29, 1.82) is 0 Å². The van der Waals surface area contributed by atoms with Crippen LogP contribution in [0.4, 0.5) is 5.82 Å². The molecular formula is C16H16N2O3. The van der Waals surface area contributed by atoms with E-state index in [1.165, 1.54) is 6.20 Å². The summed E-state index contributed by atoms with van der Waals surface area (Å²) in [5, 5.41) is 9.18. The van der Waals surface area contributed by atoms with Crippen molar-refractivity contribution < 1.29 is 14.6 Å². The summed E-state index contributed by atoms with van der Waals surface area (Å²) in [6, 6.07) is 11.4. The minimum Gasteiger partial charge on any atom is -0.478 e. The van der Waals surface area contributed by atoms with Crippen molar-refractivity contribution in [1.82, 2.24) is 4.98 Å². The van der Waals surface area contributed by atoms with Crippen LogP contribution >= 0.6 is 0 Å². The Labute approximate surface area is 122 Å². The van der Waals surface area contributed by atoms with E-state index in [1.807, 2.05) is 30.3 Å². The molecule has 5 heteroatoms. The topological polar surface area (TPSA) is 62.7 Å². The van der Waals surface area contributed by atoms with Gasteiger partial charge in [0.2, 0.25) is 0 Å². The highest BCUT2D eigenvalue weighted by Crippen LogP contribution is 2.30. The highest BCUT2D eigenvalue weighted by molar-refractivity contribution is 5.91. The smallest absolute Gasteiger partial charge is 0.337 e. The van der Waals surface area contributed by atoms with Gasteiger partial charge in [0.05, 0.1) is 18.8 Å². The van der Waals surface area contributed by atoms with Gasteiger partial charge in [-0.05, 0) is 11.6 Å². The van der Waals surface area contributed by atoms with Crippen LogP contribution in [0, 0.1) is 0 Å². The van der Waals surface area contributed by atoms with Crippen molar-refractivity contribution in [3.05, 3.63) is 48.2 Å². The molecule has 0 amide bonds. The second kappa shape index (κ2) is 5.93. The molecular weight excluding hydrogens is 268 g/mol. The lowest BCUT2D eigenvalue weighted by Crippen LogP contribution is -2.37. The van der Waals surface area contributed by atoms with Crippen molar-refractivity contribution in [2.24, 2.45) is 0 Å². The first-order valence-electron chi connectivity index (χ1n) is 6.87. The summed E-state index contributed by atoms with van der Waals surface area (Å²) in [6.45, 7) is 2.85. The second-order valence-electron chi connectivity index (χ2n) is 4.87. The van der Waals surface area contributed by atoms with Crippen LogP contribution in [-0.2, 0) is 4.74 Å². The average molecular weight is 284 g/mol. The maximum atomic E-state index is 11.2. The van der Waals surface area contributed by atoms with Crippen molar-refractivity contribution >= 4 is 11.8 Å². The van der Waals surface area contributed by atoms with Crippen LogP contribution in [0.5, 0.6) is 0 Å². The molecule has 0 saturated carbocycles. The van der Waals surface area contributed by atoms with Gasteiger partial charge in [-0.25, -0.2) is 9.78 Å². The number of carboxylic acid groups (broad SMARTS) is 1. The predicted molar refractivity (Wildman–Crippen MR) is 79.7 cm³/mol. The largest absolute Gasteiger partial charge is 0.478 e. The molecule has 5 nitrogen and oxygen atoms in total. The number of aromatic nitrogens is 1. The predicted octanol–water partition coefficient (Wildman–Crippen LogP) is 2.28. The Balaban J connectivity index is 2.08. The first-order valence-corrected chi connectivity index (χ1v) is 6.87. The standard InChI is InChI=1S/C16H16N2O3/c19-16(20)13-10-14(12-4-2-1-3-5-12)15(17-11-13)18-6-8-21-9-7-18/h1-5,10-11H,6-9H2,(H,19,20). The molecule has 1 fully saturated rings. The fraction of sp³-hybridized carbons (Fsp3) is 0.250. The first kappa shape index (κ1) is 13.6. The van der Waals surface area contributed by atoms with Crippen LogP contribution in [0.25, 0.3) is 11.1 Å². The minimum absolute atomic E-state index is 0.200. The molecule has 0 aliphatic carbocycles. The highest BCUT2D eigenvalue weighted by Gasteiger charge is 2.18. The number of aromatic carboxylic acids is 1. The van der Waals surface area contributed by atoms with Gasteiger partial charge in [-0.15, -0.1) is 0 Å². The van der Waals surface area contributed by atoms with Gasteiger partial charge in [0.1, 0.15) is 5.82 Å². The third kappa shape index (κ3) is 2.87. The number of ether oxygens (including phenoxy) is 1. The van der Waals surface area contributed by atoms with Crippen LogP contribution in [0.1, 0.15) is 10.4 Å². The zero-order valence-electron chi connectivity index (χ0n) is 11.5. The number of hydrogen-bond acceptors (Lipinski definition) is 4. The molecule has 3 rings (SSSR count). The van der Waals surface area contributed by atoms with Gasteiger partial charge in [-0.1, -0.05) is 30.3 Å². The summed E-state index contributed by atoms with van der Waals surface area (Å²) < 4.78 is 5.37. The Morgan fingerprint density at radius 1 is 1.19 bits per heavy atom. The van der Waals surface area contributed by atoms with E-state index in [0.717, 1.165) is 30.0 Å². The number of rotatable bonds is 3. The van der Waals surface area contributed by atoms with E-state index < -0.39 is 5.97 Å². The van der Waals surface area contributed by atoms with Gasteiger partial charge in [0.25, 0.3) is 0 Å². The molecule has 1 aliphatic heterocycles. The zero-order chi connectivity index (χ0) is 14.7. The fourth-order valence-electron chi connectivity index (χ4n) is 2.43. The number of hydrogen-bond donors (Lipinski definition) is 1. The van der Waals surface area contributed by atoms with Crippen LogP contribution in [0.3, 0.4) is 0 Å². The number of benzene rings is 1. The quantitative estimate of drug-likeness (QED) is 0.937. The highest BCUT2D eigenvalue weighted by atomic mass is 16.5. The molecule has 0 spiro atoms. The maximum absolute atomic E-state index is 11.2. The third-order valence-corrected chi connectivity index (χ3v) is 3.51. The Hall–Kier alpha value is -2.40. The molecule has 1 aromatic carbocycles. The lowest BCUT2D eigenvalue weighted by Gasteiger charge is -2.29. The van der Waals surface area contributed by atoms with Gasteiger partial charge in [-0.3, -0.25) is 0 Å². The summed E-state index contributed by atoms with van der Waals surface area (Å²) in [5.74, 6) is -0.150. The molecule has 0 radical (unpaired) electrons. The molecule has 1 saturated heterocycles. The SMILES string of the molecule is O=C(O)c1cnc(N2CCOCC2)c(-c2ccccc2)c1. The van der Waals surface area contributed by atoms with Crippen molar-refractivity contribution in [3.8, 4) is 11.1 Å².